The summed E-state index contributed by atoms with van der Waals surface area (Å²) in [4.78, 5) is 20.1. The summed E-state index contributed by atoms with van der Waals surface area (Å²) >= 11 is 0. The molecule has 0 aliphatic heterocycles. The van der Waals surface area contributed by atoms with Crippen LogP contribution in [0, 0.1) is 10.1 Å². The summed E-state index contributed by atoms with van der Waals surface area (Å²) < 4.78 is 0. The van der Waals surface area contributed by atoms with Gasteiger partial charge in [-0.2, -0.15) is 0 Å². The summed E-state index contributed by atoms with van der Waals surface area (Å²) in [7, 11) is 0. The van der Waals surface area contributed by atoms with Gasteiger partial charge in [0.05, 0.1) is 0 Å². The van der Waals surface area contributed by atoms with Crippen molar-refractivity contribution >= 4 is 6.29 Å². The maximum atomic E-state index is 10.4. The Hall–Kier alpha value is -1.71. The fourth-order valence-electron chi connectivity index (χ4n) is 0.932. The lowest BCUT2D eigenvalue weighted by molar-refractivity contribution is -0.496. The first-order chi connectivity index (χ1) is 5.74. The first-order valence-electron chi connectivity index (χ1n) is 3.39. The van der Waals surface area contributed by atoms with Gasteiger partial charge in [0, 0.05) is 16.1 Å². The van der Waals surface area contributed by atoms with Crippen LogP contribution in [0.1, 0.15) is 15.9 Å². The second-order valence-corrected chi connectivity index (χ2v) is 2.31. The molecular weight excluding hydrogens is 158 g/mol. The fraction of sp³-hybridized carbons (Fsp3) is 0.125. The first-order valence-corrected chi connectivity index (χ1v) is 3.39. The Bertz CT molecular complexity index is 309. The Morgan fingerprint density at radius 2 is 2.08 bits per heavy atom. The summed E-state index contributed by atoms with van der Waals surface area (Å²) in [5.74, 6) is 0. The summed E-state index contributed by atoms with van der Waals surface area (Å²) in [5.41, 5.74) is 0.840. The van der Waals surface area contributed by atoms with E-state index in [9.17, 15) is 14.9 Å². The Balaban J connectivity index is 2.96. The molecule has 0 bridgehead atoms. The largest absolute Gasteiger partial charge is 0.298 e. The van der Waals surface area contributed by atoms with Crippen LogP contribution in [0.2, 0.25) is 0 Å². The van der Waals surface area contributed by atoms with Gasteiger partial charge in [-0.3, -0.25) is 14.9 Å². The average Bonchev–Trinajstić information content (AvgIpc) is 2.04. The SMILES string of the molecule is O=Cc1ccccc1C[N+](=O)[O-]. The van der Waals surface area contributed by atoms with E-state index in [4.69, 9.17) is 0 Å². The highest BCUT2D eigenvalue weighted by atomic mass is 16.6. The molecule has 0 aliphatic carbocycles. The third kappa shape index (κ3) is 1.88. The van der Waals surface area contributed by atoms with Crippen LogP contribution in [0.25, 0.3) is 0 Å². The molecule has 0 aromatic heterocycles. The second kappa shape index (κ2) is 3.61. The molecule has 0 saturated carbocycles. The van der Waals surface area contributed by atoms with Gasteiger partial charge in [0.25, 0.3) is 0 Å². The summed E-state index contributed by atoms with van der Waals surface area (Å²) in [6, 6.07) is 6.48. The van der Waals surface area contributed by atoms with E-state index in [2.05, 4.69) is 0 Å². The number of rotatable bonds is 3. The highest BCUT2D eigenvalue weighted by Gasteiger charge is 2.05. The molecule has 0 saturated heterocycles. The molecule has 1 rings (SSSR count). The van der Waals surface area contributed by atoms with Crippen molar-refractivity contribution in [3.8, 4) is 0 Å². The van der Waals surface area contributed by atoms with E-state index in [0.29, 0.717) is 17.4 Å². The van der Waals surface area contributed by atoms with Gasteiger partial charge in [0.2, 0.25) is 6.54 Å². The van der Waals surface area contributed by atoms with Gasteiger partial charge in [-0.25, -0.2) is 0 Å². The maximum Gasteiger partial charge on any atom is 0.229 e. The monoisotopic (exact) mass is 165 g/mol. The minimum absolute atomic E-state index is 0.297. The van der Waals surface area contributed by atoms with Gasteiger partial charge in [-0.1, -0.05) is 24.3 Å². The highest BCUT2D eigenvalue weighted by Crippen LogP contribution is 2.06. The van der Waals surface area contributed by atoms with Crippen LogP contribution in [0.15, 0.2) is 24.3 Å². The van der Waals surface area contributed by atoms with Crippen LogP contribution in [0.4, 0.5) is 0 Å². The van der Waals surface area contributed by atoms with Gasteiger partial charge >= 0.3 is 0 Å². The standard InChI is InChI=1S/C8H7NO3/c10-6-8-4-2-1-3-7(8)5-9(11)12/h1-4,6H,5H2. The third-order valence-corrected chi connectivity index (χ3v) is 1.48. The zero-order chi connectivity index (χ0) is 8.97. The van der Waals surface area contributed by atoms with Crippen LogP contribution < -0.4 is 0 Å². The number of carbonyl (C=O) groups excluding carboxylic acids is 1. The zero-order valence-corrected chi connectivity index (χ0v) is 6.27. The number of benzene rings is 1. The molecule has 0 N–H and O–H groups in total. The van der Waals surface area contributed by atoms with E-state index in [1.165, 1.54) is 0 Å². The number of hydrogen-bond acceptors (Lipinski definition) is 3. The molecule has 0 heterocycles. The predicted octanol–water partition coefficient (Wildman–Crippen LogP) is 1.28. The van der Waals surface area contributed by atoms with Gasteiger partial charge in [0.1, 0.15) is 0 Å². The molecule has 4 nitrogen and oxygen atoms in total. The lowest BCUT2D eigenvalue weighted by Gasteiger charge is -1.97. The number of nitrogens with zero attached hydrogens (tertiary/aromatic N) is 1. The van der Waals surface area contributed by atoms with E-state index >= 15 is 0 Å². The smallest absolute Gasteiger partial charge is 0.229 e. The Labute approximate surface area is 69.0 Å². The van der Waals surface area contributed by atoms with E-state index in [1.807, 2.05) is 0 Å². The summed E-state index contributed by atoms with van der Waals surface area (Å²) in [6.07, 6.45) is 0.624. The van der Waals surface area contributed by atoms with E-state index in [1.54, 1.807) is 24.3 Å². The van der Waals surface area contributed by atoms with E-state index in [0.717, 1.165) is 0 Å². The van der Waals surface area contributed by atoms with Gasteiger partial charge in [0.15, 0.2) is 6.29 Å². The third-order valence-electron chi connectivity index (χ3n) is 1.48. The topological polar surface area (TPSA) is 60.2 Å². The minimum Gasteiger partial charge on any atom is -0.298 e. The molecule has 62 valence electrons. The Kier molecular flexibility index (Phi) is 2.53. The molecule has 0 aliphatic rings. The molecule has 0 radical (unpaired) electrons. The normalized spacial score (nSPS) is 9.33. The molecule has 0 unspecified atom stereocenters. The maximum absolute atomic E-state index is 10.4. The van der Waals surface area contributed by atoms with Gasteiger partial charge in [-0.15, -0.1) is 0 Å². The molecule has 0 atom stereocenters. The van der Waals surface area contributed by atoms with Crippen LogP contribution in [0.5, 0.6) is 0 Å². The minimum atomic E-state index is -0.456. The van der Waals surface area contributed by atoms with Gasteiger partial charge < -0.3 is 0 Å². The first kappa shape index (κ1) is 8.39. The van der Waals surface area contributed by atoms with Crippen molar-refractivity contribution in [1.29, 1.82) is 0 Å². The molecule has 0 amide bonds. The van der Waals surface area contributed by atoms with Crippen LogP contribution in [-0.2, 0) is 6.54 Å². The van der Waals surface area contributed by atoms with Crippen molar-refractivity contribution in [1.82, 2.24) is 0 Å². The number of hydrogen-bond donors (Lipinski definition) is 0. The van der Waals surface area contributed by atoms with Crippen LogP contribution in [0.3, 0.4) is 0 Å². The number of nitro groups is 1. The predicted molar refractivity (Wildman–Crippen MR) is 42.5 cm³/mol. The van der Waals surface area contributed by atoms with Crippen LogP contribution in [-0.4, -0.2) is 11.2 Å². The Morgan fingerprint density at radius 3 is 2.67 bits per heavy atom. The van der Waals surface area contributed by atoms with Gasteiger partial charge in [-0.05, 0) is 0 Å². The molecular formula is C8H7NO3. The van der Waals surface area contributed by atoms with E-state index in [-0.39, 0.29) is 6.54 Å². The summed E-state index contributed by atoms with van der Waals surface area (Å²) in [6.45, 7) is -0.297. The lowest BCUT2D eigenvalue weighted by Crippen LogP contribution is -2.01. The van der Waals surface area contributed by atoms with Crippen molar-refractivity contribution in [3.63, 3.8) is 0 Å². The molecule has 1 aromatic rings. The van der Waals surface area contributed by atoms with Crippen molar-refractivity contribution in [3.05, 3.63) is 45.5 Å². The molecule has 12 heavy (non-hydrogen) atoms. The molecule has 0 spiro atoms. The van der Waals surface area contributed by atoms with Crippen molar-refractivity contribution < 1.29 is 9.72 Å². The molecule has 1 aromatic carbocycles. The molecule has 4 heteroatoms. The second-order valence-electron chi connectivity index (χ2n) is 2.31. The zero-order valence-electron chi connectivity index (χ0n) is 6.27. The average molecular weight is 165 g/mol. The molecule has 0 fully saturated rings. The summed E-state index contributed by atoms with van der Waals surface area (Å²) in [5, 5.41) is 10.1. The lowest BCUT2D eigenvalue weighted by atomic mass is 10.1. The quantitative estimate of drug-likeness (QED) is 0.385. The number of carbonyl (C=O) groups is 1. The fourth-order valence-corrected chi connectivity index (χ4v) is 0.932. The Morgan fingerprint density at radius 1 is 1.42 bits per heavy atom. The van der Waals surface area contributed by atoms with Crippen molar-refractivity contribution in [2.75, 3.05) is 0 Å². The number of aldehydes is 1. The van der Waals surface area contributed by atoms with Crippen molar-refractivity contribution in [2.24, 2.45) is 0 Å². The van der Waals surface area contributed by atoms with Crippen molar-refractivity contribution in [2.45, 2.75) is 6.54 Å². The highest BCUT2D eigenvalue weighted by molar-refractivity contribution is 5.76. The van der Waals surface area contributed by atoms with E-state index < -0.39 is 4.92 Å². The van der Waals surface area contributed by atoms with Crippen LogP contribution >= 0.6 is 0 Å².